The third kappa shape index (κ3) is 4.66. The van der Waals surface area contributed by atoms with Crippen molar-refractivity contribution >= 4 is 35.2 Å². The minimum atomic E-state index is -0.608. The maximum Gasteiger partial charge on any atom is 0.329 e. The van der Waals surface area contributed by atoms with Crippen molar-refractivity contribution in [3.63, 3.8) is 0 Å². The second-order valence-corrected chi connectivity index (χ2v) is 7.91. The lowest BCUT2D eigenvalue weighted by molar-refractivity contribution is -0.148. The van der Waals surface area contributed by atoms with Crippen LogP contribution >= 0.6 is 23.4 Å². The molecule has 0 bridgehead atoms. The summed E-state index contributed by atoms with van der Waals surface area (Å²) in [4.78, 5) is 27.6. The Hall–Kier alpha value is -1.98. The van der Waals surface area contributed by atoms with Crippen LogP contribution in [0.3, 0.4) is 0 Å². The van der Waals surface area contributed by atoms with E-state index in [0.29, 0.717) is 22.9 Å². The molecule has 1 amide bonds. The Labute approximate surface area is 168 Å². The van der Waals surface area contributed by atoms with Gasteiger partial charge in [-0.3, -0.25) is 4.79 Å². The Morgan fingerprint density at radius 2 is 1.96 bits per heavy atom. The predicted molar refractivity (Wildman–Crippen MR) is 109 cm³/mol. The Kier molecular flexibility index (Phi) is 6.80. The summed E-state index contributed by atoms with van der Waals surface area (Å²) in [6.07, 6.45) is 1.76. The number of unbranched alkanes of at least 4 members (excludes halogenated alkanes) is 1. The molecule has 3 rings (SSSR count). The zero-order valence-corrected chi connectivity index (χ0v) is 16.7. The number of nitrogens with zero attached hydrogens (tertiary/aromatic N) is 1. The normalized spacial score (nSPS) is 19.1. The van der Waals surface area contributed by atoms with Crippen LogP contribution < -0.4 is 0 Å². The average Bonchev–Trinajstić information content (AvgIpc) is 3.13. The first-order valence-electron chi connectivity index (χ1n) is 9.03. The number of carbonyl (C=O) groups is 2. The van der Waals surface area contributed by atoms with Crippen molar-refractivity contribution in [2.75, 3.05) is 12.4 Å². The highest BCUT2D eigenvalue weighted by molar-refractivity contribution is 7.99. The lowest BCUT2D eigenvalue weighted by atomic mass is 10.1. The molecule has 27 heavy (non-hydrogen) atoms. The van der Waals surface area contributed by atoms with E-state index in [1.54, 1.807) is 40.9 Å². The van der Waals surface area contributed by atoms with Gasteiger partial charge in [0.1, 0.15) is 11.4 Å². The lowest BCUT2D eigenvalue weighted by Gasteiger charge is -2.28. The summed E-state index contributed by atoms with van der Waals surface area (Å²) >= 11 is 7.64. The zero-order valence-electron chi connectivity index (χ0n) is 15.1. The first-order valence-corrected chi connectivity index (χ1v) is 10.5. The molecular weight excluding hydrogens is 382 g/mol. The van der Waals surface area contributed by atoms with Crippen LogP contribution in [0.15, 0.2) is 54.6 Å². The van der Waals surface area contributed by atoms with Crippen LogP contribution in [0.4, 0.5) is 0 Å². The number of halogens is 1. The van der Waals surface area contributed by atoms with Gasteiger partial charge in [-0.1, -0.05) is 61.3 Å². The minimum absolute atomic E-state index is 0.214. The van der Waals surface area contributed by atoms with E-state index in [9.17, 15) is 9.59 Å². The molecule has 0 aliphatic carbocycles. The quantitative estimate of drug-likeness (QED) is 0.506. The number of carbonyl (C=O) groups excluding carboxylic acids is 2. The summed E-state index contributed by atoms with van der Waals surface area (Å²) in [5.74, 6) is -0.0462. The Morgan fingerprint density at radius 1 is 1.19 bits per heavy atom. The fourth-order valence-electron chi connectivity index (χ4n) is 2.99. The minimum Gasteiger partial charge on any atom is -0.464 e. The van der Waals surface area contributed by atoms with E-state index in [1.165, 1.54) is 0 Å². The van der Waals surface area contributed by atoms with E-state index in [4.69, 9.17) is 16.3 Å². The van der Waals surface area contributed by atoms with Gasteiger partial charge in [0, 0.05) is 16.3 Å². The summed E-state index contributed by atoms with van der Waals surface area (Å²) in [5.41, 5.74) is 1.46. The van der Waals surface area contributed by atoms with E-state index in [0.717, 1.165) is 18.4 Å². The van der Waals surface area contributed by atoms with Crippen molar-refractivity contribution in [1.82, 2.24) is 4.90 Å². The monoisotopic (exact) mass is 403 g/mol. The molecule has 4 nitrogen and oxygen atoms in total. The van der Waals surface area contributed by atoms with Gasteiger partial charge in [-0.25, -0.2) is 4.79 Å². The number of hydrogen-bond donors (Lipinski definition) is 0. The Bertz CT molecular complexity index is 799. The second-order valence-electron chi connectivity index (χ2n) is 6.36. The van der Waals surface area contributed by atoms with E-state index in [2.05, 4.69) is 0 Å². The first kappa shape index (κ1) is 19.8. The molecule has 0 spiro atoms. The molecule has 0 saturated carbocycles. The van der Waals surface area contributed by atoms with Crippen molar-refractivity contribution in [1.29, 1.82) is 0 Å². The summed E-state index contributed by atoms with van der Waals surface area (Å²) in [7, 11) is 0. The van der Waals surface area contributed by atoms with Crippen molar-refractivity contribution in [3.05, 3.63) is 70.7 Å². The fourth-order valence-corrected chi connectivity index (χ4v) is 4.60. The van der Waals surface area contributed by atoms with Crippen LogP contribution in [-0.2, 0) is 9.53 Å². The molecule has 0 N–H and O–H groups in total. The molecule has 0 aromatic heterocycles. The summed E-state index contributed by atoms with van der Waals surface area (Å²) in [6.45, 7) is 2.42. The molecule has 2 aromatic carbocycles. The van der Waals surface area contributed by atoms with Gasteiger partial charge in [0.2, 0.25) is 0 Å². The number of rotatable bonds is 6. The molecule has 0 radical (unpaired) electrons. The van der Waals surface area contributed by atoms with Crippen molar-refractivity contribution in [2.24, 2.45) is 0 Å². The van der Waals surface area contributed by atoms with Crippen LogP contribution in [-0.4, -0.2) is 35.2 Å². The molecule has 1 fully saturated rings. The third-order valence-corrected chi connectivity index (χ3v) is 5.96. The summed E-state index contributed by atoms with van der Waals surface area (Å²) < 4.78 is 5.42. The number of thioether (sulfide) groups is 1. The maximum atomic E-state index is 13.3. The van der Waals surface area contributed by atoms with Gasteiger partial charge < -0.3 is 9.64 Å². The van der Waals surface area contributed by atoms with Crippen LogP contribution in [0.5, 0.6) is 0 Å². The van der Waals surface area contributed by atoms with Gasteiger partial charge in [-0.2, -0.15) is 0 Å². The van der Waals surface area contributed by atoms with Gasteiger partial charge in [0.25, 0.3) is 5.91 Å². The second kappa shape index (κ2) is 9.29. The molecular formula is C21H22ClNO3S. The SMILES string of the molecule is CCCCOC(=O)[C@@H]1CS[C@H](c2ccccc2)N1C(=O)c1cccc(Cl)c1. The van der Waals surface area contributed by atoms with Crippen molar-refractivity contribution in [2.45, 2.75) is 31.2 Å². The van der Waals surface area contributed by atoms with E-state index < -0.39 is 6.04 Å². The zero-order chi connectivity index (χ0) is 19.2. The number of ether oxygens (including phenoxy) is 1. The van der Waals surface area contributed by atoms with E-state index >= 15 is 0 Å². The first-order chi connectivity index (χ1) is 13.1. The Morgan fingerprint density at radius 3 is 2.67 bits per heavy atom. The number of benzene rings is 2. The van der Waals surface area contributed by atoms with Gasteiger partial charge >= 0.3 is 5.97 Å². The lowest BCUT2D eigenvalue weighted by Crippen LogP contribution is -2.44. The number of hydrogen-bond acceptors (Lipinski definition) is 4. The van der Waals surface area contributed by atoms with Crippen molar-refractivity contribution < 1.29 is 14.3 Å². The van der Waals surface area contributed by atoms with Crippen LogP contribution in [0.2, 0.25) is 5.02 Å². The molecule has 1 heterocycles. The maximum absolute atomic E-state index is 13.3. The summed E-state index contributed by atoms with van der Waals surface area (Å²) in [5, 5.41) is 0.257. The van der Waals surface area contributed by atoms with Crippen LogP contribution in [0, 0.1) is 0 Å². The molecule has 6 heteroatoms. The molecule has 1 saturated heterocycles. The van der Waals surface area contributed by atoms with Crippen molar-refractivity contribution in [3.8, 4) is 0 Å². The topological polar surface area (TPSA) is 46.6 Å². The highest BCUT2D eigenvalue weighted by Crippen LogP contribution is 2.42. The predicted octanol–water partition coefficient (Wildman–Crippen LogP) is 4.94. The van der Waals surface area contributed by atoms with E-state index in [1.807, 2.05) is 37.3 Å². The standard InChI is InChI=1S/C21H22ClNO3S/c1-2-3-12-26-21(25)18-14-27-20(15-8-5-4-6-9-15)23(18)19(24)16-10-7-11-17(22)13-16/h4-11,13,18,20H,2-3,12,14H2,1H3/t18-,20+/m0/s1. The fraction of sp³-hybridized carbons (Fsp3) is 0.333. The highest BCUT2D eigenvalue weighted by Gasteiger charge is 2.43. The van der Waals surface area contributed by atoms with E-state index in [-0.39, 0.29) is 17.3 Å². The molecule has 0 unspecified atom stereocenters. The van der Waals surface area contributed by atoms with Crippen LogP contribution in [0.1, 0.15) is 41.1 Å². The molecule has 1 aliphatic rings. The van der Waals surface area contributed by atoms with Crippen LogP contribution in [0.25, 0.3) is 0 Å². The number of amides is 1. The molecule has 2 aromatic rings. The van der Waals surface area contributed by atoms with Gasteiger partial charge in [-0.15, -0.1) is 11.8 Å². The van der Waals surface area contributed by atoms with Gasteiger partial charge in [-0.05, 0) is 30.2 Å². The summed E-state index contributed by atoms with van der Waals surface area (Å²) in [6, 6.07) is 16.0. The average molecular weight is 404 g/mol. The highest BCUT2D eigenvalue weighted by atomic mass is 35.5. The smallest absolute Gasteiger partial charge is 0.329 e. The van der Waals surface area contributed by atoms with Gasteiger partial charge in [0.05, 0.1) is 6.61 Å². The Balaban J connectivity index is 1.89. The number of esters is 1. The third-order valence-electron chi connectivity index (χ3n) is 4.41. The molecule has 1 aliphatic heterocycles. The largest absolute Gasteiger partial charge is 0.464 e. The van der Waals surface area contributed by atoms with Gasteiger partial charge in [0.15, 0.2) is 0 Å². The molecule has 142 valence electrons. The molecule has 2 atom stereocenters.